The van der Waals surface area contributed by atoms with E-state index in [2.05, 4.69) is 5.32 Å². The molecule has 2 heterocycles. The Morgan fingerprint density at radius 1 is 1.16 bits per heavy atom. The molecule has 1 aliphatic carbocycles. The van der Waals surface area contributed by atoms with E-state index in [-0.39, 0.29) is 24.0 Å². The van der Waals surface area contributed by atoms with E-state index in [1.54, 1.807) is 37.3 Å². The van der Waals surface area contributed by atoms with E-state index in [4.69, 9.17) is 4.74 Å². The van der Waals surface area contributed by atoms with Crippen molar-refractivity contribution in [3.8, 4) is 0 Å². The van der Waals surface area contributed by atoms with Crippen molar-refractivity contribution in [3.05, 3.63) is 46.3 Å². The number of fused-ring (bicyclic) bond motifs is 1. The minimum absolute atomic E-state index is 0.128. The van der Waals surface area contributed by atoms with E-state index in [0.29, 0.717) is 30.0 Å². The molecule has 4 rings (SSSR count). The molecule has 0 unspecified atom stereocenters. The van der Waals surface area contributed by atoms with Gasteiger partial charge in [-0.15, -0.1) is 11.3 Å². The molecule has 7 nitrogen and oxygen atoms in total. The fraction of sp³-hybridized carbons (Fsp3) is 0.478. The molecule has 0 radical (unpaired) electrons. The highest BCUT2D eigenvalue weighted by molar-refractivity contribution is 7.89. The zero-order valence-electron chi connectivity index (χ0n) is 18.1. The Hall–Kier alpha value is -2.23. The Morgan fingerprint density at radius 3 is 2.66 bits per heavy atom. The highest BCUT2D eigenvalue weighted by atomic mass is 32.2. The van der Waals surface area contributed by atoms with Crippen LogP contribution in [0.4, 0.5) is 5.00 Å². The number of amides is 1. The summed E-state index contributed by atoms with van der Waals surface area (Å²) in [6, 6.07) is 8.29. The smallest absolute Gasteiger partial charge is 0.341 e. The Labute approximate surface area is 192 Å². The van der Waals surface area contributed by atoms with Crippen molar-refractivity contribution in [2.24, 2.45) is 5.92 Å². The molecule has 9 heteroatoms. The molecule has 1 aliphatic heterocycles. The second kappa shape index (κ2) is 9.72. The summed E-state index contributed by atoms with van der Waals surface area (Å²) >= 11 is 1.45. The standard InChI is InChI=1S/C23H28N2O5S2/c1-2-30-23(27)20-18-12-6-7-13-19(18)31-22(20)24-21(26)16-9-8-14-25(15-16)32(28,29)17-10-4-3-5-11-17/h3-5,10-11,16H,2,6-9,12-15H2,1H3,(H,24,26)/t16-/m1/s1. The first kappa shape index (κ1) is 22.9. The minimum atomic E-state index is -3.65. The molecule has 1 amide bonds. The van der Waals surface area contributed by atoms with Gasteiger partial charge in [-0.3, -0.25) is 4.79 Å². The number of thiophene rings is 1. The van der Waals surface area contributed by atoms with Gasteiger partial charge in [0.05, 0.1) is 23.0 Å². The first-order valence-electron chi connectivity index (χ1n) is 11.1. The van der Waals surface area contributed by atoms with Crippen molar-refractivity contribution in [3.63, 3.8) is 0 Å². The predicted molar refractivity (Wildman–Crippen MR) is 123 cm³/mol. The van der Waals surface area contributed by atoms with Crippen LogP contribution in [0.3, 0.4) is 0 Å². The van der Waals surface area contributed by atoms with Gasteiger partial charge in [0.1, 0.15) is 5.00 Å². The molecule has 32 heavy (non-hydrogen) atoms. The summed E-state index contributed by atoms with van der Waals surface area (Å²) in [7, 11) is -3.65. The lowest BCUT2D eigenvalue weighted by atomic mass is 9.95. The lowest BCUT2D eigenvalue weighted by Gasteiger charge is -2.31. The largest absolute Gasteiger partial charge is 0.462 e. The Bertz CT molecular complexity index is 1100. The maximum Gasteiger partial charge on any atom is 0.341 e. The second-order valence-corrected chi connectivity index (χ2v) is 11.2. The lowest BCUT2D eigenvalue weighted by molar-refractivity contribution is -0.120. The Kier molecular flexibility index (Phi) is 6.97. The number of benzene rings is 1. The van der Waals surface area contributed by atoms with Crippen molar-refractivity contribution in [2.45, 2.75) is 50.3 Å². The minimum Gasteiger partial charge on any atom is -0.462 e. The summed E-state index contributed by atoms with van der Waals surface area (Å²) < 4.78 is 32.6. The molecule has 2 aliphatic rings. The maximum atomic E-state index is 13.1. The molecule has 1 saturated heterocycles. The van der Waals surface area contributed by atoms with E-state index in [1.165, 1.54) is 15.6 Å². The number of aryl methyl sites for hydroxylation is 1. The van der Waals surface area contributed by atoms with Crippen molar-refractivity contribution in [1.29, 1.82) is 0 Å². The number of nitrogens with one attached hydrogen (secondary N) is 1. The first-order valence-corrected chi connectivity index (χ1v) is 13.3. The van der Waals surface area contributed by atoms with Crippen molar-refractivity contribution < 1.29 is 22.7 Å². The van der Waals surface area contributed by atoms with Gasteiger partial charge in [0.25, 0.3) is 0 Å². The summed E-state index contributed by atoms with van der Waals surface area (Å²) in [5.41, 5.74) is 1.47. The van der Waals surface area contributed by atoms with Crippen LogP contribution in [0.25, 0.3) is 0 Å². The molecule has 1 N–H and O–H groups in total. The summed E-state index contributed by atoms with van der Waals surface area (Å²) in [6.45, 7) is 2.55. The summed E-state index contributed by atoms with van der Waals surface area (Å²) in [6.07, 6.45) is 5.00. The highest BCUT2D eigenvalue weighted by Crippen LogP contribution is 2.39. The molecule has 1 aromatic carbocycles. The third-order valence-electron chi connectivity index (χ3n) is 6.02. The molecule has 2 aromatic rings. The maximum absolute atomic E-state index is 13.1. The summed E-state index contributed by atoms with van der Waals surface area (Å²) in [5, 5.41) is 3.48. The number of sulfonamides is 1. The van der Waals surface area contributed by atoms with Gasteiger partial charge in [-0.25, -0.2) is 13.2 Å². The molecular formula is C23H28N2O5S2. The Morgan fingerprint density at radius 2 is 1.91 bits per heavy atom. The van der Waals surface area contributed by atoms with Gasteiger partial charge in [0, 0.05) is 18.0 Å². The number of piperidine rings is 1. The van der Waals surface area contributed by atoms with Crippen LogP contribution in [0.15, 0.2) is 35.2 Å². The SMILES string of the molecule is CCOC(=O)c1c(NC(=O)[C@@H]2CCCN(S(=O)(=O)c3ccccc3)C2)sc2c1CCCC2. The third-order valence-corrected chi connectivity index (χ3v) is 9.11. The molecule has 1 aromatic heterocycles. The van der Waals surface area contributed by atoms with Gasteiger partial charge in [0.2, 0.25) is 15.9 Å². The molecule has 1 atom stereocenters. The van der Waals surface area contributed by atoms with Gasteiger partial charge in [0.15, 0.2) is 0 Å². The normalized spacial score (nSPS) is 19.2. The van der Waals surface area contributed by atoms with Crippen LogP contribution < -0.4 is 5.32 Å². The lowest BCUT2D eigenvalue weighted by Crippen LogP contribution is -2.43. The van der Waals surface area contributed by atoms with E-state index >= 15 is 0 Å². The number of esters is 1. The van der Waals surface area contributed by atoms with Gasteiger partial charge in [-0.1, -0.05) is 18.2 Å². The van der Waals surface area contributed by atoms with E-state index < -0.39 is 21.9 Å². The van der Waals surface area contributed by atoms with Gasteiger partial charge >= 0.3 is 5.97 Å². The van der Waals surface area contributed by atoms with Crippen LogP contribution in [-0.2, 0) is 32.4 Å². The van der Waals surface area contributed by atoms with Crippen LogP contribution in [-0.4, -0.2) is 44.3 Å². The number of nitrogens with zero attached hydrogens (tertiary/aromatic N) is 1. The van der Waals surface area contributed by atoms with Crippen LogP contribution in [0.1, 0.15) is 53.4 Å². The second-order valence-electron chi connectivity index (χ2n) is 8.14. The molecule has 0 spiro atoms. The Balaban J connectivity index is 1.53. The van der Waals surface area contributed by atoms with Crippen molar-refractivity contribution >= 4 is 38.2 Å². The average Bonchev–Trinajstić information content (AvgIpc) is 3.17. The monoisotopic (exact) mass is 476 g/mol. The molecule has 0 bridgehead atoms. The zero-order valence-corrected chi connectivity index (χ0v) is 19.8. The van der Waals surface area contributed by atoms with Crippen LogP contribution in [0.5, 0.6) is 0 Å². The molecular weight excluding hydrogens is 448 g/mol. The van der Waals surface area contributed by atoms with Crippen molar-refractivity contribution in [2.75, 3.05) is 25.0 Å². The van der Waals surface area contributed by atoms with Gasteiger partial charge in [-0.05, 0) is 63.1 Å². The van der Waals surface area contributed by atoms with E-state index in [9.17, 15) is 18.0 Å². The number of hydrogen-bond donors (Lipinski definition) is 1. The van der Waals surface area contributed by atoms with E-state index in [1.807, 2.05) is 0 Å². The average molecular weight is 477 g/mol. The fourth-order valence-electron chi connectivity index (χ4n) is 4.40. The molecule has 1 fully saturated rings. The quantitative estimate of drug-likeness (QED) is 0.640. The number of anilines is 1. The number of carbonyl (C=O) groups is 2. The van der Waals surface area contributed by atoms with E-state index in [0.717, 1.165) is 36.1 Å². The number of hydrogen-bond acceptors (Lipinski definition) is 6. The van der Waals surface area contributed by atoms with Crippen LogP contribution in [0, 0.1) is 5.92 Å². The molecule has 172 valence electrons. The zero-order chi connectivity index (χ0) is 22.7. The summed E-state index contributed by atoms with van der Waals surface area (Å²) in [4.78, 5) is 27.2. The first-order chi connectivity index (χ1) is 15.4. The topological polar surface area (TPSA) is 92.8 Å². The highest BCUT2D eigenvalue weighted by Gasteiger charge is 2.34. The number of carbonyl (C=O) groups excluding carboxylic acids is 2. The van der Waals surface area contributed by atoms with Gasteiger partial charge < -0.3 is 10.1 Å². The van der Waals surface area contributed by atoms with Gasteiger partial charge in [-0.2, -0.15) is 4.31 Å². The third kappa shape index (κ3) is 4.60. The van der Waals surface area contributed by atoms with Crippen LogP contribution >= 0.6 is 11.3 Å². The van der Waals surface area contributed by atoms with Crippen LogP contribution in [0.2, 0.25) is 0 Å². The predicted octanol–water partition coefficient (Wildman–Crippen LogP) is 3.84. The summed E-state index contributed by atoms with van der Waals surface area (Å²) in [5.74, 6) is -1.13. The fourth-order valence-corrected chi connectivity index (χ4v) is 7.23. The van der Waals surface area contributed by atoms with Crippen molar-refractivity contribution in [1.82, 2.24) is 4.31 Å². The number of rotatable bonds is 6. The number of ether oxygens (including phenoxy) is 1. The molecule has 0 saturated carbocycles.